The molecule has 2 aromatic rings. The van der Waals surface area contributed by atoms with Crippen molar-refractivity contribution in [2.24, 2.45) is 7.05 Å². The first-order valence-electron chi connectivity index (χ1n) is 5.62. The molecule has 0 fully saturated rings. The fourth-order valence-corrected chi connectivity index (χ4v) is 2.11. The Morgan fingerprint density at radius 2 is 2.12 bits per heavy atom. The molecule has 0 atom stereocenters. The molecule has 0 radical (unpaired) electrons. The zero-order valence-corrected chi connectivity index (χ0v) is 10.3. The predicted molar refractivity (Wildman–Crippen MR) is 70.0 cm³/mol. The van der Waals surface area contributed by atoms with E-state index in [-0.39, 0.29) is 0 Å². The number of rotatable bonds is 5. The molecule has 0 saturated heterocycles. The molecule has 0 aliphatic heterocycles. The van der Waals surface area contributed by atoms with Gasteiger partial charge >= 0.3 is 0 Å². The molecule has 1 aromatic heterocycles. The van der Waals surface area contributed by atoms with Crippen molar-refractivity contribution in [1.82, 2.24) is 9.88 Å². The molecule has 16 heavy (non-hydrogen) atoms. The van der Waals surface area contributed by atoms with E-state index in [9.17, 15) is 0 Å². The van der Waals surface area contributed by atoms with Crippen LogP contribution in [0.1, 0.15) is 12.0 Å². The van der Waals surface area contributed by atoms with Gasteiger partial charge in [-0.2, -0.15) is 0 Å². The maximum atomic E-state index is 5.64. The number of hydrogen-bond acceptors (Lipinski definition) is 1. The highest BCUT2D eigenvalue weighted by Crippen LogP contribution is 2.19. The van der Waals surface area contributed by atoms with Gasteiger partial charge < -0.3 is 9.88 Å². The third-order valence-electron chi connectivity index (χ3n) is 2.78. The number of nitrogens with zero attached hydrogens (tertiary/aromatic N) is 1. The van der Waals surface area contributed by atoms with Gasteiger partial charge in [-0.1, -0.05) is 18.2 Å². The second kappa shape index (κ2) is 5.37. The quantitative estimate of drug-likeness (QED) is 0.624. The van der Waals surface area contributed by atoms with Gasteiger partial charge in [0.05, 0.1) is 0 Å². The number of alkyl halides is 1. The van der Waals surface area contributed by atoms with Crippen LogP contribution in [0.15, 0.2) is 30.5 Å². The Bertz CT molecular complexity index is 462. The molecular formula is C13H17ClN2. The van der Waals surface area contributed by atoms with E-state index in [4.69, 9.17) is 11.6 Å². The van der Waals surface area contributed by atoms with Crippen LogP contribution in [0.4, 0.5) is 0 Å². The number of nitrogens with one attached hydrogen (secondary N) is 1. The summed E-state index contributed by atoms with van der Waals surface area (Å²) in [5.74, 6) is 0.725. The van der Waals surface area contributed by atoms with Crippen LogP contribution in [0.2, 0.25) is 0 Å². The van der Waals surface area contributed by atoms with Crippen molar-refractivity contribution in [3.8, 4) is 0 Å². The van der Waals surface area contributed by atoms with Crippen LogP contribution in [0.3, 0.4) is 0 Å². The van der Waals surface area contributed by atoms with Crippen molar-refractivity contribution in [3.05, 3.63) is 36.0 Å². The number of para-hydroxylation sites is 1. The highest BCUT2D eigenvalue weighted by Gasteiger charge is 2.04. The van der Waals surface area contributed by atoms with Gasteiger partial charge in [0, 0.05) is 36.6 Å². The molecule has 2 nitrogen and oxygen atoms in total. The lowest BCUT2D eigenvalue weighted by molar-refractivity contribution is 0.678. The smallest absolute Gasteiger partial charge is 0.0481 e. The lowest BCUT2D eigenvalue weighted by atomic mass is 10.2. The van der Waals surface area contributed by atoms with E-state index in [1.54, 1.807) is 0 Å². The van der Waals surface area contributed by atoms with E-state index in [1.165, 1.54) is 16.5 Å². The molecule has 0 bridgehead atoms. The van der Waals surface area contributed by atoms with E-state index in [1.807, 2.05) is 0 Å². The second-order valence-electron chi connectivity index (χ2n) is 4.00. The molecule has 3 heteroatoms. The number of aromatic nitrogens is 1. The largest absolute Gasteiger partial charge is 0.350 e. The summed E-state index contributed by atoms with van der Waals surface area (Å²) in [7, 11) is 2.09. The molecule has 2 rings (SSSR count). The summed E-state index contributed by atoms with van der Waals surface area (Å²) in [6.07, 6.45) is 3.21. The number of halogens is 1. The molecule has 0 saturated carbocycles. The third kappa shape index (κ3) is 2.39. The Kier molecular flexibility index (Phi) is 3.86. The van der Waals surface area contributed by atoms with Crippen molar-refractivity contribution in [1.29, 1.82) is 0 Å². The molecule has 0 aliphatic rings. The number of aryl methyl sites for hydroxylation is 1. The summed E-state index contributed by atoms with van der Waals surface area (Å²) in [5, 5.41) is 4.75. The van der Waals surface area contributed by atoms with Crippen LogP contribution in [-0.2, 0) is 13.6 Å². The number of fused-ring (bicyclic) bond motifs is 1. The van der Waals surface area contributed by atoms with Crippen molar-refractivity contribution in [2.75, 3.05) is 12.4 Å². The zero-order valence-electron chi connectivity index (χ0n) is 9.54. The minimum absolute atomic E-state index is 0.725. The monoisotopic (exact) mass is 236 g/mol. The zero-order chi connectivity index (χ0) is 11.4. The summed E-state index contributed by atoms with van der Waals surface area (Å²) >= 11 is 5.64. The normalized spacial score (nSPS) is 11.1. The second-order valence-corrected chi connectivity index (χ2v) is 4.38. The van der Waals surface area contributed by atoms with Crippen LogP contribution in [0.25, 0.3) is 10.9 Å². The van der Waals surface area contributed by atoms with Gasteiger partial charge in [0.15, 0.2) is 0 Å². The number of benzene rings is 1. The summed E-state index contributed by atoms with van der Waals surface area (Å²) < 4.78 is 2.17. The first kappa shape index (κ1) is 11.5. The van der Waals surface area contributed by atoms with E-state index in [2.05, 4.69) is 47.4 Å². The summed E-state index contributed by atoms with van der Waals surface area (Å²) in [5.41, 5.74) is 2.64. The Morgan fingerprint density at radius 1 is 1.31 bits per heavy atom. The maximum absolute atomic E-state index is 5.64. The van der Waals surface area contributed by atoms with Crippen LogP contribution < -0.4 is 5.32 Å². The molecule has 0 aliphatic carbocycles. The van der Waals surface area contributed by atoms with Gasteiger partial charge in [-0.3, -0.25) is 0 Å². The molecule has 1 N–H and O–H groups in total. The Morgan fingerprint density at radius 3 is 2.94 bits per heavy atom. The minimum Gasteiger partial charge on any atom is -0.350 e. The van der Waals surface area contributed by atoms with Crippen LogP contribution in [0, 0.1) is 0 Å². The molecule has 86 valence electrons. The van der Waals surface area contributed by atoms with Crippen molar-refractivity contribution in [2.45, 2.75) is 13.0 Å². The van der Waals surface area contributed by atoms with Crippen LogP contribution in [0.5, 0.6) is 0 Å². The van der Waals surface area contributed by atoms with Gasteiger partial charge in [-0.25, -0.2) is 0 Å². The number of hydrogen-bond donors (Lipinski definition) is 1. The van der Waals surface area contributed by atoms with Gasteiger partial charge in [0.2, 0.25) is 0 Å². The van der Waals surface area contributed by atoms with E-state index in [0.29, 0.717) is 0 Å². The van der Waals surface area contributed by atoms with Crippen LogP contribution in [-0.4, -0.2) is 17.0 Å². The Balaban J connectivity index is 2.12. The van der Waals surface area contributed by atoms with E-state index in [0.717, 1.165) is 25.4 Å². The lowest BCUT2D eigenvalue weighted by Gasteiger charge is -2.01. The first-order chi connectivity index (χ1) is 7.83. The SMILES string of the molecule is Cn1cc(CNCCCCl)c2ccccc21. The fourth-order valence-electron chi connectivity index (χ4n) is 1.98. The van der Waals surface area contributed by atoms with Crippen molar-refractivity contribution < 1.29 is 0 Å². The average molecular weight is 237 g/mol. The van der Waals surface area contributed by atoms with Crippen LogP contribution >= 0.6 is 11.6 Å². The molecule has 1 heterocycles. The van der Waals surface area contributed by atoms with Gasteiger partial charge in [-0.15, -0.1) is 11.6 Å². The third-order valence-corrected chi connectivity index (χ3v) is 3.05. The first-order valence-corrected chi connectivity index (χ1v) is 6.16. The van der Waals surface area contributed by atoms with E-state index < -0.39 is 0 Å². The standard InChI is InChI=1S/C13H17ClN2/c1-16-10-11(9-15-8-4-7-14)12-5-2-3-6-13(12)16/h2-3,5-6,10,15H,4,7-9H2,1H3. The van der Waals surface area contributed by atoms with Gasteiger partial charge in [-0.05, 0) is 24.6 Å². The summed E-state index contributed by atoms with van der Waals surface area (Å²) in [4.78, 5) is 0. The maximum Gasteiger partial charge on any atom is 0.0481 e. The van der Waals surface area contributed by atoms with E-state index >= 15 is 0 Å². The summed E-state index contributed by atoms with van der Waals surface area (Å²) in [6, 6.07) is 8.49. The molecular weight excluding hydrogens is 220 g/mol. The fraction of sp³-hybridized carbons (Fsp3) is 0.385. The Labute approximate surface area is 101 Å². The van der Waals surface area contributed by atoms with Crippen molar-refractivity contribution in [3.63, 3.8) is 0 Å². The predicted octanol–water partition coefficient (Wildman–Crippen LogP) is 2.90. The molecule has 0 unspecified atom stereocenters. The molecule has 0 amide bonds. The minimum atomic E-state index is 0.725. The van der Waals surface area contributed by atoms with Crippen molar-refractivity contribution >= 4 is 22.5 Å². The highest BCUT2D eigenvalue weighted by molar-refractivity contribution is 6.17. The molecule has 0 spiro atoms. The average Bonchev–Trinajstić information content (AvgIpc) is 2.63. The lowest BCUT2D eigenvalue weighted by Crippen LogP contribution is -2.14. The Hall–Kier alpha value is -0.990. The summed E-state index contributed by atoms with van der Waals surface area (Å²) in [6.45, 7) is 1.89. The van der Waals surface area contributed by atoms with Gasteiger partial charge in [0.1, 0.15) is 0 Å². The topological polar surface area (TPSA) is 17.0 Å². The highest BCUT2D eigenvalue weighted by atomic mass is 35.5. The molecule has 1 aromatic carbocycles. The van der Waals surface area contributed by atoms with Gasteiger partial charge in [0.25, 0.3) is 0 Å².